The topological polar surface area (TPSA) is 61.4 Å². The van der Waals surface area contributed by atoms with Crippen LogP contribution in [0.1, 0.15) is 13.3 Å². The van der Waals surface area contributed by atoms with Gasteiger partial charge in [-0.15, -0.1) is 24.0 Å². The molecule has 2 N–H and O–H groups in total. The normalized spacial score (nSPS) is 19.6. The van der Waals surface area contributed by atoms with Gasteiger partial charge in [-0.1, -0.05) is 0 Å². The van der Waals surface area contributed by atoms with E-state index in [4.69, 9.17) is 9.47 Å². The van der Waals surface area contributed by atoms with E-state index >= 15 is 0 Å². The van der Waals surface area contributed by atoms with Gasteiger partial charge in [0, 0.05) is 64.0 Å². The molecule has 1 atom stereocenters. The number of piperazine rings is 1. The lowest BCUT2D eigenvalue weighted by Gasteiger charge is -2.36. The third-order valence-electron chi connectivity index (χ3n) is 4.96. The van der Waals surface area contributed by atoms with Gasteiger partial charge >= 0.3 is 0 Å². The first-order valence-electron chi connectivity index (χ1n) is 9.45. The highest BCUT2D eigenvalue weighted by Gasteiger charge is 2.19. The van der Waals surface area contributed by atoms with E-state index < -0.39 is 0 Å². The van der Waals surface area contributed by atoms with Gasteiger partial charge in [0.25, 0.3) is 0 Å². The van der Waals surface area contributed by atoms with Crippen molar-refractivity contribution < 1.29 is 9.47 Å². The Labute approximate surface area is 179 Å². The number of nitrogens with zero attached hydrogens (tertiary/aromatic N) is 3. The molecule has 2 heterocycles. The van der Waals surface area contributed by atoms with Crippen LogP contribution in [0, 0.1) is 0 Å². The van der Waals surface area contributed by atoms with Crippen LogP contribution in [0.3, 0.4) is 0 Å². The number of benzene rings is 1. The highest BCUT2D eigenvalue weighted by Crippen LogP contribution is 2.32. The maximum Gasteiger partial charge on any atom is 0.195 e. The Kier molecular flexibility index (Phi) is 8.91. The van der Waals surface area contributed by atoms with Gasteiger partial charge < -0.3 is 25.0 Å². The van der Waals surface area contributed by atoms with Gasteiger partial charge in [0.2, 0.25) is 0 Å². The average molecular weight is 489 g/mol. The molecule has 0 aliphatic carbocycles. The summed E-state index contributed by atoms with van der Waals surface area (Å²) in [7, 11) is 3.97. The fraction of sp³-hybridized carbons (Fsp3) is 0.632. The van der Waals surface area contributed by atoms with Gasteiger partial charge in [-0.05, 0) is 26.1 Å². The third kappa shape index (κ3) is 6.39. The second kappa shape index (κ2) is 10.9. The average Bonchev–Trinajstić information content (AvgIpc) is 2.90. The molecule has 1 unspecified atom stereocenters. The summed E-state index contributed by atoms with van der Waals surface area (Å²) in [6.45, 7) is 9.01. The summed E-state index contributed by atoms with van der Waals surface area (Å²) in [6.07, 6.45) is 0.908. The van der Waals surface area contributed by atoms with Crippen LogP contribution in [0.15, 0.2) is 23.2 Å². The monoisotopic (exact) mass is 489 g/mol. The molecule has 3 rings (SSSR count). The number of anilines is 1. The van der Waals surface area contributed by atoms with Crippen molar-refractivity contribution in [3.63, 3.8) is 0 Å². The molecule has 0 spiro atoms. The Hall–Kier alpha value is -1.26. The number of nitrogens with one attached hydrogen (secondary N) is 2. The zero-order chi connectivity index (χ0) is 18.4. The maximum atomic E-state index is 5.75. The van der Waals surface area contributed by atoms with Crippen molar-refractivity contribution >= 4 is 35.6 Å². The second-order valence-electron chi connectivity index (χ2n) is 6.98. The molecular formula is C19H32IN5O2. The number of ether oxygens (including phenoxy) is 2. The van der Waals surface area contributed by atoms with E-state index in [-0.39, 0.29) is 24.0 Å². The van der Waals surface area contributed by atoms with Crippen LogP contribution in [0.25, 0.3) is 0 Å². The number of halogens is 1. The minimum Gasteiger partial charge on any atom is -0.490 e. The van der Waals surface area contributed by atoms with Crippen LogP contribution in [0.5, 0.6) is 11.5 Å². The number of likely N-dealkylation sites (N-methyl/N-ethyl adjacent to an activating group) is 1. The van der Waals surface area contributed by atoms with Crippen molar-refractivity contribution in [1.29, 1.82) is 0 Å². The molecule has 0 bridgehead atoms. The number of aliphatic imine (C=N–C) groups is 1. The summed E-state index contributed by atoms with van der Waals surface area (Å²) in [4.78, 5) is 9.24. The Morgan fingerprint density at radius 3 is 2.56 bits per heavy atom. The summed E-state index contributed by atoms with van der Waals surface area (Å²) in [5, 5.41) is 6.77. The maximum absolute atomic E-state index is 5.75. The van der Waals surface area contributed by atoms with Crippen LogP contribution in [0.4, 0.5) is 5.69 Å². The standard InChI is InChI=1S/C19H31N5O2.HI/c1-15(24-9-7-23(3)8-10-24)14-21-19(20-2)22-16-5-6-17-18(13-16)26-12-4-11-25-17;/h5-6,13,15H,4,7-12,14H2,1-3H3,(H2,20,21,22);1H. The predicted molar refractivity (Wildman–Crippen MR) is 121 cm³/mol. The summed E-state index contributed by atoms with van der Waals surface area (Å²) < 4.78 is 11.4. The molecule has 7 nitrogen and oxygen atoms in total. The Bertz CT molecular complexity index is 620. The largest absolute Gasteiger partial charge is 0.490 e. The molecule has 1 aromatic carbocycles. The molecule has 0 radical (unpaired) electrons. The van der Waals surface area contributed by atoms with E-state index in [0.29, 0.717) is 19.3 Å². The first-order valence-corrected chi connectivity index (χ1v) is 9.45. The van der Waals surface area contributed by atoms with Crippen molar-refractivity contribution in [2.75, 3.05) is 65.3 Å². The number of hydrogen-bond acceptors (Lipinski definition) is 5. The van der Waals surface area contributed by atoms with Crippen molar-refractivity contribution in [3.8, 4) is 11.5 Å². The number of fused-ring (bicyclic) bond motifs is 1. The molecule has 1 aromatic rings. The zero-order valence-electron chi connectivity index (χ0n) is 16.5. The minimum absolute atomic E-state index is 0. The molecule has 27 heavy (non-hydrogen) atoms. The molecule has 152 valence electrons. The van der Waals surface area contributed by atoms with Crippen molar-refractivity contribution in [1.82, 2.24) is 15.1 Å². The molecule has 8 heteroatoms. The van der Waals surface area contributed by atoms with E-state index in [9.17, 15) is 0 Å². The van der Waals surface area contributed by atoms with Gasteiger partial charge in [-0.2, -0.15) is 0 Å². The summed E-state index contributed by atoms with van der Waals surface area (Å²) in [6, 6.07) is 6.37. The molecule has 1 fully saturated rings. The van der Waals surface area contributed by atoms with Gasteiger partial charge in [0.1, 0.15) is 0 Å². The number of hydrogen-bond donors (Lipinski definition) is 2. The van der Waals surface area contributed by atoms with Crippen molar-refractivity contribution in [2.45, 2.75) is 19.4 Å². The minimum atomic E-state index is 0. The predicted octanol–water partition coefficient (Wildman–Crippen LogP) is 2.09. The van der Waals surface area contributed by atoms with E-state index in [1.54, 1.807) is 7.05 Å². The fourth-order valence-electron chi connectivity index (χ4n) is 3.19. The van der Waals surface area contributed by atoms with Gasteiger partial charge in [-0.3, -0.25) is 9.89 Å². The van der Waals surface area contributed by atoms with Crippen LogP contribution in [0.2, 0.25) is 0 Å². The number of rotatable bonds is 4. The number of guanidine groups is 1. The van der Waals surface area contributed by atoms with Crippen molar-refractivity contribution in [3.05, 3.63) is 18.2 Å². The Morgan fingerprint density at radius 1 is 1.15 bits per heavy atom. The lowest BCUT2D eigenvalue weighted by atomic mass is 10.2. The van der Waals surface area contributed by atoms with E-state index in [2.05, 4.69) is 39.4 Å². The smallest absolute Gasteiger partial charge is 0.195 e. The van der Waals surface area contributed by atoms with E-state index in [0.717, 1.165) is 62.3 Å². The van der Waals surface area contributed by atoms with Crippen LogP contribution >= 0.6 is 24.0 Å². The van der Waals surface area contributed by atoms with E-state index in [1.807, 2.05) is 18.2 Å². The molecular weight excluding hydrogens is 457 g/mol. The molecule has 0 saturated carbocycles. The molecule has 2 aliphatic rings. The SMILES string of the molecule is CN=C(NCC(C)N1CCN(C)CC1)Nc1ccc2c(c1)OCCCO2.I. The summed E-state index contributed by atoms with van der Waals surface area (Å²) >= 11 is 0. The Balaban J connectivity index is 0.00000261. The van der Waals surface area contributed by atoms with Crippen LogP contribution in [-0.4, -0.2) is 81.8 Å². The van der Waals surface area contributed by atoms with Crippen molar-refractivity contribution in [2.24, 2.45) is 4.99 Å². The van der Waals surface area contributed by atoms with Crippen LogP contribution < -0.4 is 20.1 Å². The first-order chi connectivity index (χ1) is 12.7. The zero-order valence-corrected chi connectivity index (χ0v) is 18.9. The van der Waals surface area contributed by atoms with Gasteiger partial charge in [0.15, 0.2) is 17.5 Å². The Morgan fingerprint density at radius 2 is 1.85 bits per heavy atom. The molecule has 1 saturated heterocycles. The second-order valence-corrected chi connectivity index (χ2v) is 6.98. The quantitative estimate of drug-likeness (QED) is 0.384. The third-order valence-corrected chi connectivity index (χ3v) is 4.96. The molecule has 2 aliphatic heterocycles. The van der Waals surface area contributed by atoms with E-state index in [1.165, 1.54) is 0 Å². The van der Waals surface area contributed by atoms with Gasteiger partial charge in [0.05, 0.1) is 13.2 Å². The highest BCUT2D eigenvalue weighted by atomic mass is 127. The fourth-order valence-corrected chi connectivity index (χ4v) is 3.19. The molecule has 0 aromatic heterocycles. The lowest BCUT2D eigenvalue weighted by molar-refractivity contribution is 0.120. The highest BCUT2D eigenvalue weighted by molar-refractivity contribution is 14.0. The first kappa shape index (κ1) is 22.0. The summed E-state index contributed by atoms with van der Waals surface area (Å²) in [5.74, 6) is 2.36. The molecule has 0 amide bonds. The van der Waals surface area contributed by atoms with Crippen LogP contribution in [-0.2, 0) is 0 Å². The summed E-state index contributed by atoms with van der Waals surface area (Å²) in [5.41, 5.74) is 0.939. The van der Waals surface area contributed by atoms with Gasteiger partial charge in [-0.25, -0.2) is 0 Å². The lowest BCUT2D eigenvalue weighted by Crippen LogP contribution is -2.51.